The van der Waals surface area contributed by atoms with Crippen LogP contribution in [0.2, 0.25) is 0 Å². The second kappa shape index (κ2) is 5.14. The van der Waals surface area contributed by atoms with Crippen LogP contribution in [0.15, 0.2) is 4.99 Å². The highest BCUT2D eigenvalue weighted by Crippen LogP contribution is 2.21. The number of nitrogens with zero attached hydrogens (tertiary/aromatic N) is 2. The van der Waals surface area contributed by atoms with Crippen molar-refractivity contribution in [3.05, 3.63) is 0 Å². The third kappa shape index (κ3) is 3.53. The highest BCUT2D eigenvalue weighted by atomic mass is 16.4. The molecule has 0 aromatic heterocycles. The number of aliphatic carboxylic acids is 1. The standard InChI is InChI=1S/C11H20N2O2/c1-8(2)6-9(7-10(14)15)11-12-4-5-13(11)3/h8-9H,4-7H2,1-3H3,(H,14,15). The van der Waals surface area contributed by atoms with Crippen molar-refractivity contribution in [2.24, 2.45) is 16.8 Å². The van der Waals surface area contributed by atoms with Gasteiger partial charge in [0.2, 0.25) is 0 Å². The number of carboxylic acids is 1. The minimum Gasteiger partial charge on any atom is -0.481 e. The van der Waals surface area contributed by atoms with Crippen LogP contribution >= 0.6 is 0 Å². The monoisotopic (exact) mass is 212 g/mol. The maximum absolute atomic E-state index is 10.8. The van der Waals surface area contributed by atoms with E-state index < -0.39 is 5.97 Å². The number of carbonyl (C=O) groups is 1. The zero-order valence-corrected chi connectivity index (χ0v) is 9.73. The Morgan fingerprint density at radius 2 is 2.27 bits per heavy atom. The number of amidine groups is 1. The van der Waals surface area contributed by atoms with E-state index in [0.29, 0.717) is 5.92 Å². The molecule has 0 saturated heterocycles. The molecule has 0 aliphatic carbocycles. The van der Waals surface area contributed by atoms with Gasteiger partial charge in [0.1, 0.15) is 5.84 Å². The van der Waals surface area contributed by atoms with Gasteiger partial charge in [0.05, 0.1) is 13.0 Å². The van der Waals surface area contributed by atoms with Gasteiger partial charge in [-0.2, -0.15) is 0 Å². The lowest BCUT2D eigenvalue weighted by atomic mass is 9.92. The van der Waals surface area contributed by atoms with E-state index in [0.717, 1.165) is 25.3 Å². The fourth-order valence-corrected chi connectivity index (χ4v) is 2.05. The molecule has 1 aliphatic rings. The maximum atomic E-state index is 10.8. The van der Waals surface area contributed by atoms with Crippen molar-refractivity contribution in [1.82, 2.24) is 4.90 Å². The molecule has 0 fully saturated rings. The normalized spacial score (nSPS) is 18.1. The maximum Gasteiger partial charge on any atom is 0.304 e. The molecule has 0 spiro atoms. The van der Waals surface area contributed by atoms with Gasteiger partial charge in [-0.3, -0.25) is 9.79 Å². The van der Waals surface area contributed by atoms with Crippen LogP contribution in [0.3, 0.4) is 0 Å². The molecule has 0 radical (unpaired) electrons. The number of rotatable bonds is 5. The van der Waals surface area contributed by atoms with Crippen molar-refractivity contribution >= 4 is 11.8 Å². The van der Waals surface area contributed by atoms with Gasteiger partial charge < -0.3 is 10.0 Å². The molecule has 0 bridgehead atoms. The second-order valence-electron chi connectivity index (χ2n) is 4.59. The van der Waals surface area contributed by atoms with Crippen LogP contribution in [-0.4, -0.2) is 41.9 Å². The van der Waals surface area contributed by atoms with Crippen LogP contribution in [0.25, 0.3) is 0 Å². The first-order chi connectivity index (χ1) is 7.00. The summed E-state index contributed by atoms with van der Waals surface area (Å²) in [5.41, 5.74) is 0. The second-order valence-corrected chi connectivity index (χ2v) is 4.59. The van der Waals surface area contributed by atoms with E-state index in [4.69, 9.17) is 5.11 Å². The molecule has 1 heterocycles. The zero-order chi connectivity index (χ0) is 11.4. The number of hydrogen-bond donors (Lipinski definition) is 1. The molecule has 0 aromatic carbocycles. The van der Waals surface area contributed by atoms with Crippen molar-refractivity contribution in [2.45, 2.75) is 26.7 Å². The van der Waals surface area contributed by atoms with E-state index in [9.17, 15) is 4.79 Å². The molecule has 0 saturated carbocycles. The molecule has 1 unspecified atom stereocenters. The first-order valence-corrected chi connectivity index (χ1v) is 5.48. The molecule has 15 heavy (non-hydrogen) atoms. The van der Waals surface area contributed by atoms with E-state index in [2.05, 4.69) is 23.7 Å². The lowest BCUT2D eigenvalue weighted by Crippen LogP contribution is -2.31. The van der Waals surface area contributed by atoms with E-state index in [-0.39, 0.29) is 12.3 Å². The van der Waals surface area contributed by atoms with Gasteiger partial charge in [0, 0.05) is 19.5 Å². The number of carboxylic acid groups (broad SMARTS) is 1. The molecule has 1 rings (SSSR count). The summed E-state index contributed by atoms with van der Waals surface area (Å²) in [5, 5.41) is 8.87. The molecule has 1 atom stereocenters. The quantitative estimate of drug-likeness (QED) is 0.750. The van der Waals surface area contributed by atoms with E-state index >= 15 is 0 Å². The van der Waals surface area contributed by atoms with Gasteiger partial charge >= 0.3 is 5.97 Å². The number of hydrogen-bond acceptors (Lipinski definition) is 3. The lowest BCUT2D eigenvalue weighted by Gasteiger charge is -2.23. The Bertz CT molecular complexity index is 261. The average Bonchev–Trinajstić information content (AvgIpc) is 2.48. The highest BCUT2D eigenvalue weighted by Gasteiger charge is 2.25. The van der Waals surface area contributed by atoms with Gasteiger partial charge in [0.15, 0.2) is 0 Å². The lowest BCUT2D eigenvalue weighted by molar-refractivity contribution is -0.137. The SMILES string of the molecule is CC(C)CC(CC(=O)O)C1=NCCN1C. The van der Waals surface area contributed by atoms with Gasteiger partial charge in [-0.05, 0) is 12.3 Å². The molecule has 0 amide bonds. The summed E-state index contributed by atoms with van der Waals surface area (Å²) < 4.78 is 0. The first-order valence-electron chi connectivity index (χ1n) is 5.48. The Morgan fingerprint density at radius 1 is 1.60 bits per heavy atom. The van der Waals surface area contributed by atoms with Crippen LogP contribution in [-0.2, 0) is 4.79 Å². The molecule has 1 N–H and O–H groups in total. The summed E-state index contributed by atoms with van der Waals surface area (Å²) in [4.78, 5) is 17.3. The van der Waals surface area contributed by atoms with Crippen molar-refractivity contribution in [2.75, 3.05) is 20.1 Å². The minimum atomic E-state index is -0.733. The minimum absolute atomic E-state index is 0.0787. The van der Waals surface area contributed by atoms with Crippen molar-refractivity contribution in [3.63, 3.8) is 0 Å². The fraction of sp³-hybridized carbons (Fsp3) is 0.818. The van der Waals surface area contributed by atoms with Crippen LogP contribution in [0, 0.1) is 11.8 Å². The summed E-state index contributed by atoms with van der Waals surface area (Å²) in [6.07, 6.45) is 1.09. The highest BCUT2D eigenvalue weighted by molar-refractivity contribution is 5.88. The van der Waals surface area contributed by atoms with Crippen molar-refractivity contribution in [1.29, 1.82) is 0 Å². The predicted octanol–water partition coefficient (Wildman–Crippen LogP) is 1.47. The number of likely N-dealkylation sites (N-methyl/N-ethyl adjacent to an activating group) is 1. The molecule has 4 heteroatoms. The Morgan fingerprint density at radius 3 is 2.67 bits per heavy atom. The summed E-state index contributed by atoms with van der Waals surface area (Å²) in [6, 6.07) is 0. The van der Waals surface area contributed by atoms with Gasteiger partial charge in [-0.15, -0.1) is 0 Å². The third-order valence-corrected chi connectivity index (χ3v) is 2.64. The average molecular weight is 212 g/mol. The Kier molecular flexibility index (Phi) is 4.12. The van der Waals surface area contributed by atoms with Gasteiger partial charge in [-0.1, -0.05) is 13.8 Å². The molecule has 4 nitrogen and oxygen atoms in total. The summed E-state index contributed by atoms with van der Waals surface area (Å²) in [6.45, 7) is 5.96. The van der Waals surface area contributed by atoms with E-state index in [1.54, 1.807) is 0 Å². The largest absolute Gasteiger partial charge is 0.481 e. The Labute approximate surface area is 91.0 Å². The number of aliphatic imine (C=N–C) groups is 1. The fourth-order valence-electron chi connectivity index (χ4n) is 2.05. The third-order valence-electron chi connectivity index (χ3n) is 2.64. The summed E-state index contributed by atoms with van der Waals surface area (Å²) >= 11 is 0. The Balaban J connectivity index is 2.66. The van der Waals surface area contributed by atoms with Gasteiger partial charge in [0.25, 0.3) is 0 Å². The molecular weight excluding hydrogens is 192 g/mol. The predicted molar refractivity (Wildman–Crippen MR) is 60.1 cm³/mol. The Hall–Kier alpha value is -1.06. The van der Waals surface area contributed by atoms with Crippen molar-refractivity contribution < 1.29 is 9.90 Å². The molecular formula is C11H20N2O2. The summed E-state index contributed by atoms with van der Waals surface area (Å²) in [7, 11) is 1.99. The summed E-state index contributed by atoms with van der Waals surface area (Å²) in [5.74, 6) is 0.829. The molecule has 1 aliphatic heterocycles. The van der Waals surface area contributed by atoms with Crippen LogP contribution in [0.4, 0.5) is 0 Å². The van der Waals surface area contributed by atoms with Crippen LogP contribution in [0.1, 0.15) is 26.7 Å². The molecule has 86 valence electrons. The van der Waals surface area contributed by atoms with E-state index in [1.165, 1.54) is 0 Å². The first kappa shape index (κ1) is 12.0. The zero-order valence-electron chi connectivity index (χ0n) is 9.73. The van der Waals surface area contributed by atoms with Crippen LogP contribution < -0.4 is 0 Å². The van der Waals surface area contributed by atoms with Crippen LogP contribution in [0.5, 0.6) is 0 Å². The molecule has 0 aromatic rings. The van der Waals surface area contributed by atoms with Crippen molar-refractivity contribution in [3.8, 4) is 0 Å². The van der Waals surface area contributed by atoms with Gasteiger partial charge in [-0.25, -0.2) is 0 Å². The topological polar surface area (TPSA) is 52.9 Å². The smallest absolute Gasteiger partial charge is 0.304 e. The van der Waals surface area contributed by atoms with E-state index in [1.807, 2.05) is 7.05 Å².